The summed E-state index contributed by atoms with van der Waals surface area (Å²) >= 11 is 3.81. The van der Waals surface area contributed by atoms with Gasteiger partial charge in [-0.25, -0.2) is 4.79 Å². The maximum absolute atomic E-state index is 12.0. The monoisotopic (exact) mass is 348 g/mol. The summed E-state index contributed by atoms with van der Waals surface area (Å²) in [7, 11) is 0. The van der Waals surface area contributed by atoms with Crippen LogP contribution in [0.4, 0.5) is 0 Å². The van der Waals surface area contributed by atoms with E-state index in [1.165, 1.54) is 0 Å². The topological polar surface area (TPSA) is 151 Å². The van der Waals surface area contributed by atoms with Crippen LogP contribution in [0.5, 0.6) is 0 Å². The number of thiol groups is 1. The Morgan fingerprint density at radius 1 is 1.09 bits per heavy atom. The molecule has 0 aromatic rings. The first-order valence-corrected chi connectivity index (χ1v) is 7.74. The summed E-state index contributed by atoms with van der Waals surface area (Å²) in [5.74, 6) is -2.82. The lowest BCUT2D eigenvalue weighted by atomic mass is 10.0. The first kappa shape index (κ1) is 21.2. The van der Waals surface area contributed by atoms with Crippen LogP contribution in [0.25, 0.3) is 0 Å². The van der Waals surface area contributed by atoms with Gasteiger partial charge in [0, 0.05) is 5.75 Å². The van der Waals surface area contributed by atoms with Gasteiger partial charge < -0.3 is 26.8 Å². The number of carbonyl (C=O) groups excluding carboxylic acids is 3. The first-order chi connectivity index (χ1) is 10.7. The molecule has 0 rings (SSSR count). The molecule has 0 heterocycles. The molecule has 10 heteroatoms. The van der Waals surface area contributed by atoms with Gasteiger partial charge in [-0.05, 0) is 12.3 Å². The summed E-state index contributed by atoms with van der Waals surface area (Å²) in [6, 6.07) is -1.94. The van der Waals surface area contributed by atoms with Gasteiger partial charge in [0.15, 0.2) is 0 Å². The molecule has 0 unspecified atom stereocenters. The van der Waals surface area contributed by atoms with Crippen LogP contribution in [-0.2, 0) is 19.2 Å². The predicted molar refractivity (Wildman–Crippen MR) is 86.9 cm³/mol. The summed E-state index contributed by atoms with van der Waals surface area (Å²) in [5, 5.41) is 15.9. The van der Waals surface area contributed by atoms with E-state index < -0.39 is 42.3 Å². The molecule has 0 aliphatic carbocycles. The minimum absolute atomic E-state index is 0.0719. The summed E-state index contributed by atoms with van der Waals surface area (Å²) in [6.07, 6.45) is 0.383. The van der Waals surface area contributed by atoms with Crippen LogP contribution in [0.1, 0.15) is 20.3 Å². The molecule has 0 saturated heterocycles. The third-order valence-electron chi connectivity index (χ3n) is 2.78. The van der Waals surface area contributed by atoms with Crippen molar-refractivity contribution in [2.45, 2.75) is 32.4 Å². The average Bonchev–Trinajstić information content (AvgIpc) is 2.48. The largest absolute Gasteiger partial charge is 0.480 e. The second-order valence-electron chi connectivity index (χ2n) is 5.31. The van der Waals surface area contributed by atoms with E-state index in [1.807, 2.05) is 13.8 Å². The van der Waals surface area contributed by atoms with Crippen LogP contribution >= 0.6 is 12.6 Å². The van der Waals surface area contributed by atoms with Crippen LogP contribution in [0.3, 0.4) is 0 Å². The zero-order valence-corrected chi connectivity index (χ0v) is 14.1. The number of carbonyl (C=O) groups is 4. The highest BCUT2D eigenvalue weighted by molar-refractivity contribution is 7.80. The van der Waals surface area contributed by atoms with E-state index in [9.17, 15) is 19.2 Å². The summed E-state index contributed by atoms with van der Waals surface area (Å²) in [5.41, 5.74) is 5.20. The molecule has 0 bridgehead atoms. The standard InChI is InChI=1S/C13H24N4O5S/c1-7(2)3-8(16-10(18)4-14)12(20)15-5-11(19)17-9(6-23)13(21)22/h7-9,23H,3-6,14H2,1-2H3,(H,15,20)(H,16,18)(H,17,19)(H,21,22)/t8-,9-/m0/s1. The van der Waals surface area contributed by atoms with Gasteiger partial charge in [0.05, 0.1) is 13.1 Å². The minimum Gasteiger partial charge on any atom is -0.480 e. The summed E-state index contributed by atoms with van der Waals surface area (Å²) < 4.78 is 0. The molecule has 132 valence electrons. The van der Waals surface area contributed by atoms with Gasteiger partial charge in [-0.1, -0.05) is 13.8 Å². The molecule has 0 aromatic carbocycles. The van der Waals surface area contributed by atoms with E-state index in [0.29, 0.717) is 6.42 Å². The number of carboxylic acid groups (broad SMARTS) is 1. The second-order valence-corrected chi connectivity index (χ2v) is 5.68. The minimum atomic E-state index is -1.22. The third-order valence-corrected chi connectivity index (χ3v) is 3.15. The highest BCUT2D eigenvalue weighted by Crippen LogP contribution is 2.04. The van der Waals surface area contributed by atoms with Gasteiger partial charge >= 0.3 is 5.97 Å². The molecule has 0 spiro atoms. The number of rotatable bonds is 10. The zero-order valence-electron chi connectivity index (χ0n) is 13.2. The summed E-state index contributed by atoms with van der Waals surface area (Å²) in [4.78, 5) is 45.8. The van der Waals surface area contributed by atoms with Crippen molar-refractivity contribution in [2.24, 2.45) is 11.7 Å². The Bertz CT molecular complexity index is 444. The Morgan fingerprint density at radius 3 is 2.09 bits per heavy atom. The molecule has 0 saturated carbocycles. The van der Waals surface area contributed by atoms with Crippen molar-refractivity contribution in [1.29, 1.82) is 0 Å². The van der Waals surface area contributed by atoms with E-state index in [0.717, 1.165) is 0 Å². The fourth-order valence-electron chi connectivity index (χ4n) is 1.68. The van der Waals surface area contributed by atoms with Crippen LogP contribution in [0, 0.1) is 5.92 Å². The van der Waals surface area contributed by atoms with E-state index in [-0.39, 0.29) is 18.2 Å². The molecular weight excluding hydrogens is 324 g/mol. The maximum atomic E-state index is 12.0. The van der Waals surface area contributed by atoms with E-state index in [2.05, 4.69) is 28.6 Å². The van der Waals surface area contributed by atoms with Gasteiger partial charge in [-0.3, -0.25) is 14.4 Å². The van der Waals surface area contributed by atoms with Crippen molar-refractivity contribution in [3.05, 3.63) is 0 Å². The molecule has 9 nitrogen and oxygen atoms in total. The molecule has 0 aliphatic heterocycles. The first-order valence-electron chi connectivity index (χ1n) is 7.11. The number of hydrogen-bond acceptors (Lipinski definition) is 6. The van der Waals surface area contributed by atoms with Gasteiger partial charge in [0.2, 0.25) is 17.7 Å². The molecule has 0 aromatic heterocycles. The number of hydrogen-bond donors (Lipinski definition) is 6. The van der Waals surface area contributed by atoms with Gasteiger partial charge in [0.25, 0.3) is 0 Å². The molecule has 6 N–H and O–H groups in total. The average molecular weight is 348 g/mol. The SMILES string of the molecule is CC(C)C[C@H](NC(=O)CN)C(=O)NCC(=O)N[C@@H](CS)C(=O)O. The fourth-order valence-corrected chi connectivity index (χ4v) is 1.93. The van der Waals surface area contributed by atoms with Crippen LogP contribution in [0.15, 0.2) is 0 Å². The fraction of sp³-hybridized carbons (Fsp3) is 0.692. The molecule has 0 fully saturated rings. The van der Waals surface area contributed by atoms with Crippen molar-refractivity contribution in [3.8, 4) is 0 Å². The van der Waals surface area contributed by atoms with Crippen molar-refractivity contribution < 1.29 is 24.3 Å². The highest BCUT2D eigenvalue weighted by atomic mass is 32.1. The molecule has 23 heavy (non-hydrogen) atoms. The lowest BCUT2D eigenvalue weighted by Gasteiger charge is -2.20. The van der Waals surface area contributed by atoms with Crippen LogP contribution in [-0.4, -0.2) is 59.7 Å². The van der Waals surface area contributed by atoms with Crippen molar-refractivity contribution >= 4 is 36.3 Å². The van der Waals surface area contributed by atoms with Crippen molar-refractivity contribution in [2.75, 3.05) is 18.8 Å². The van der Waals surface area contributed by atoms with Crippen molar-refractivity contribution in [3.63, 3.8) is 0 Å². The van der Waals surface area contributed by atoms with Gasteiger partial charge in [-0.2, -0.15) is 12.6 Å². The smallest absolute Gasteiger partial charge is 0.327 e. The molecule has 3 amide bonds. The number of aliphatic carboxylic acids is 1. The maximum Gasteiger partial charge on any atom is 0.327 e. The summed E-state index contributed by atoms with van der Waals surface area (Å²) in [6.45, 7) is 3.12. The predicted octanol–water partition coefficient (Wildman–Crippen LogP) is -1.91. The van der Waals surface area contributed by atoms with E-state index in [1.54, 1.807) is 0 Å². The highest BCUT2D eigenvalue weighted by Gasteiger charge is 2.23. The molecule has 2 atom stereocenters. The Morgan fingerprint density at radius 2 is 1.65 bits per heavy atom. The van der Waals surface area contributed by atoms with Gasteiger partial charge in [-0.15, -0.1) is 0 Å². The van der Waals surface area contributed by atoms with Crippen LogP contribution < -0.4 is 21.7 Å². The number of nitrogens with one attached hydrogen (secondary N) is 3. The van der Waals surface area contributed by atoms with E-state index >= 15 is 0 Å². The molecular formula is C13H24N4O5S. The number of nitrogens with two attached hydrogens (primary N) is 1. The lowest BCUT2D eigenvalue weighted by Crippen LogP contribution is -2.52. The number of amides is 3. The molecule has 0 aliphatic rings. The van der Waals surface area contributed by atoms with Crippen molar-refractivity contribution in [1.82, 2.24) is 16.0 Å². The second kappa shape index (κ2) is 10.8. The van der Waals surface area contributed by atoms with E-state index in [4.69, 9.17) is 10.8 Å². The van der Waals surface area contributed by atoms with Gasteiger partial charge in [0.1, 0.15) is 12.1 Å². The Kier molecular flexibility index (Phi) is 9.99. The third kappa shape index (κ3) is 9.04. The quantitative estimate of drug-likeness (QED) is 0.254. The lowest BCUT2D eigenvalue weighted by molar-refractivity contribution is -0.141. The molecule has 0 radical (unpaired) electrons. The number of carboxylic acids is 1. The normalized spacial score (nSPS) is 13.1. The Hall–Kier alpha value is -1.81. The zero-order chi connectivity index (χ0) is 18.0. The Balaban J connectivity index is 4.52. The van der Waals surface area contributed by atoms with Crippen LogP contribution in [0.2, 0.25) is 0 Å². The Labute approximate surface area is 140 Å².